The maximum Gasteiger partial charge on any atom is 0.328 e. The van der Waals surface area contributed by atoms with Crippen molar-refractivity contribution < 1.29 is 29.4 Å². The summed E-state index contributed by atoms with van der Waals surface area (Å²) >= 11 is 0. The number of carbonyl (C=O) groups is 4. The molecule has 0 aliphatic heterocycles. The van der Waals surface area contributed by atoms with Crippen LogP contribution in [0.5, 0.6) is 0 Å². The molecule has 0 aliphatic rings. The molecule has 11 heteroatoms. The zero-order chi connectivity index (χ0) is 27.3. The summed E-state index contributed by atoms with van der Waals surface area (Å²) in [7, 11) is 0. The van der Waals surface area contributed by atoms with Crippen LogP contribution in [-0.2, 0) is 25.6 Å². The van der Waals surface area contributed by atoms with Gasteiger partial charge >= 0.3 is 5.97 Å². The molecular weight excluding hydrogens is 466 g/mol. The van der Waals surface area contributed by atoms with E-state index in [-0.39, 0.29) is 12.3 Å². The van der Waals surface area contributed by atoms with E-state index >= 15 is 0 Å². The van der Waals surface area contributed by atoms with Gasteiger partial charge in [-0.05, 0) is 37.8 Å². The molecule has 0 fully saturated rings. The van der Waals surface area contributed by atoms with Gasteiger partial charge in [-0.25, -0.2) is 4.79 Å². The topological polar surface area (TPSA) is 197 Å². The fraction of sp³-hybridized carbons (Fsp3) is 0.600. The Morgan fingerprint density at radius 3 is 2.06 bits per heavy atom. The number of nitrogens with two attached hydrogens (primary N) is 2. The lowest BCUT2D eigenvalue weighted by molar-refractivity contribution is -0.145. The first kappa shape index (κ1) is 31.0. The molecule has 0 spiro atoms. The minimum Gasteiger partial charge on any atom is -0.480 e. The second-order valence-corrected chi connectivity index (χ2v) is 9.08. The van der Waals surface area contributed by atoms with Gasteiger partial charge in [-0.2, -0.15) is 0 Å². The largest absolute Gasteiger partial charge is 0.480 e. The number of carbonyl (C=O) groups excluding carboxylic acids is 3. The highest BCUT2D eigenvalue weighted by Crippen LogP contribution is 2.11. The maximum absolute atomic E-state index is 13.3. The smallest absolute Gasteiger partial charge is 0.328 e. The highest BCUT2D eigenvalue weighted by molar-refractivity contribution is 5.94. The van der Waals surface area contributed by atoms with Crippen LogP contribution in [0.3, 0.4) is 0 Å². The second kappa shape index (κ2) is 15.9. The van der Waals surface area contributed by atoms with Gasteiger partial charge in [-0.3, -0.25) is 14.4 Å². The average Bonchev–Trinajstić information content (AvgIpc) is 2.84. The number of carboxylic acid groups (broad SMARTS) is 1. The molecular formula is C25H41N5O6. The van der Waals surface area contributed by atoms with E-state index in [4.69, 9.17) is 11.5 Å². The molecule has 1 rings (SSSR count). The van der Waals surface area contributed by atoms with Gasteiger partial charge in [0.05, 0.1) is 12.1 Å². The molecule has 0 radical (unpaired) electrons. The van der Waals surface area contributed by atoms with E-state index in [1.54, 1.807) is 37.3 Å². The van der Waals surface area contributed by atoms with Gasteiger partial charge in [-0.1, -0.05) is 57.0 Å². The number of aliphatic hydroxyl groups excluding tert-OH is 1. The Hall–Kier alpha value is -3.02. The van der Waals surface area contributed by atoms with E-state index in [0.717, 1.165) is 12.0 Å². The van der Waals surface area contributed by atoms with Crippen LogP contribution in [0.15, 0.2) is 30.3 Å². The van der Waals surface area contributed by atoms with Gasteiger partial charge in [-0.15, -0.1) is 0 Å². The van der Waals surface area contributed by atoms with Crippen molar-refractivity contribution in [3.05, 3.63) is 35.9 Å². The molecule has 9 N–H and O–H groups in total. The quantitative estimate of drug-likeness (QED) is 0.147. The first-order valence-corrected chi connectivity index (χ1v) is 12.3. The van der Waals surface area contributed by atoms with Crippen molar-refractivity contribution >= 4 is 23.7 Å². The van der Waals surface area contributed by atoms with Gasteiger partial charge in [0.25, 0.3) is 0 Å². The highest BCUT2D eigenvalue weighted by atomic mass is 16.4. The van der Waals surface area contributed by atoms with Gasteiger partial charge in [0.15, 0.2) is 6.04 Å². The van der Waals surface area contributed by atoms with Gasteiger partial charge in [0, 0.05) is 6.42 Å². The number of hydrogen-bond donors (Lipinski definition) is 7. The van der Waals surface area contributed by atoms with Crippen molar-refractivity contribution in [1.82, 2.24) is 16.0 Å². The van der Waals surface area contributed by atoms with Crippen LogP contribution in [0.1, 0.15) is 52.0 Å². The Bertz CT molecular complexity index is 851. The van der Waals surface area contributed by atoms with Crippen LogP contribution in [0, 0.1) is 5.92 Å². The number of aliphatic hydroxyl groups is 1. The number of nitrogens with one attached hydrogen (secondary N) is 3. The second-order valence-electron chi connectivity index (χ2n) is 9.08. The zero-order valence-corrected chi connectivity index (χ0v) is 21.3. The average molecular weight is 508 g/mol. The van der Waals surface area contributed by atoms with Crippen LogP contribution in [0.2, 0.25) is 0 Å². The third-order valence-corrected chi connectivity index (χ3v) is 6.06. The van der Waals surface area contributed by atoms with Gasteiger partial charge in [0.2, 0.25) is 17.7 Å². The van der Waals surface area contributed by atoms with E-state index in [0.29, 0.717) is 25.8 Å². The van der Waals surface area contributed by atoms with Crippen molar-refractivity contribution in [2.45, 2.75) is 83.1 Å². The van der Waals surface area contributed by atoms with Crippen molar-refractivity contribution in [2.75, 3.05) is 6.54 Å². The van der Waals surface area contributed by atoms with E-state index in [1.165, 1.54) is 6.92 Å². The molecule has 6 atom stereocenters. The third-order valence-electron chi connectivity index (χ3n) is 6.06. The Labute approximate surface area is 212 Å². The number of hydrogen-bond acceptors (Lipinski definition) is 7. The van der Waals surface area contributed by atoms with Crippen molar-refractivity contribution in [3.8, 4) is 0 Å². The molecule has 1 aromatic rings. The lowest BCUT2D eigenvalue weighted by Crippen LogP contribution is -2.60. The van der Waals surface area contributed by atoms with Crippen molar-refractivity contribution in [3.63, 3.8) is 0 Å². The number of rotatable bonds is 16. The summed E-state index contributed by atoms with van der Waals surface area (Å²) in [6, 6.07) is 4.42. The summed E-state index contributed by atoms with van der Waals surface area (Å²) in [6.45, 7) is 5.40. The summed E-state index contributed by atoms with van der Waals surface area (Å²) < 4.78 is 0. The lowest BCUT2D eigenvalue weighted by atomic mass is 9.96. The predicted molar refractivity (Wildman–Crippen MR) is 136 cm³/mol. The summed E-state index contributed by atoms with van der Waals surface area (Å²) in [5.74, 6) is -3.51. The summed E-state index contributed by atoms with van der Waals surface area (Å²) in [5, 5.41) is 26.8. The standard InChI is InChI=1S/C25H41N5O6/c1-4-15(2)20(29-22(32)18(27)12-8-9-13-26)24(34)28-19(14-17-10-6-5-7-11-17)23(33)30-21(16(3)31)25(35)36/h5-7,10-11,15-16,18-21,31H,4,8-9,12-14,26-27H2,1-3H3,(H,28,34)(H,29,32)(H,30,33)(H,35,36). The first-order chi connectivity index (χ1) is 17.0. The Balaban J connectivity index is 3.09. The normalized spacial score (nSPS) is 16.1. The number of unbranched alkanes of at least 4 members (excludes halogenated alkanes) is 1. The monoisotopic (exact) mass is 507 g/mol. The van der Waals surface area contributed by atoms with E-state index in [1.807, 2.05) is 6.92 Å². The highest BCUT2D eigenvalue weighted by Gasteiger charge is 2.33. The summed E-state index contributed by atoms with van der Waals surface area (Å²) in [4.78, 5) is 50.4. The van der Waals surface area contributed by atoms with Crippen molar-refractivity contribution in [2.24, 2.45) is 17.4 Å². The Morgan fingerprint density at radius 1 is 0.917 bits per heavy atom. The summed E-state index contributed by atoms with van der Waals surface area (Å²) in [5.41, 5.74) is 12.2. The van der Waals surface area contributed by atoms with E-state index in [9.17, 15) is 29.4 Å². The van der Waals surface area contributed by atoms with Crippen LogP contribution >= 0.6 is 0 Å². The van der Waals surface area contributed by atoms with Crippen LogP contribution in [0.4, 0.5) is 0 Å². The van der Waals surface area contributed by atoms with Crippen molar-refractivity contribution in [1.29, 1.82) is 0 Å². The third kappa shape index (κ3) is 10.3. The minimum absolute atomic E-state index is 0.0737. The summed E-state index contributed by atoms with van der Waals surface area (Å²) in [6.07, 6.45) is 1.12. The molecule has 6 unspecified atom stereocenters. The molecule has 0 heterocycles. The molecule has 0 saturated carbocycles. The van der Waals surface area contributed by atoms with Gasteiger partial charge in [0.1, 0.15) is 12.1 Å². The molecule has 0 aliphatic carbocycles. The van der Waals surface area contributed by atoms with E-state index < -0.39 is 54.0 Å². The molecule has 0 bridgehead atoms. The molecule has 11 nitrogen and oxygen atoms in total. The maximum atomic E-state index is 13.3. The number of amides is 3. The lowest BCUT2D eigenvalue weighted by Gasteiger charge is -2.28. The fourth-order valence-electron chi connectivity index (χ4n) is 3.57. The minimum atomic E-state index is -1.55. The molecule has 202 valence electrons. The van der Waals surface area contributed by atoms with Crippen LogP contribution in [-0.4, -0.2) is 70.7 Å². The molecule has 1 aromatic carbocycles. The van der Waals surface area contributed by atoms with E-state index in [2.05, 4.69) is 16.0 Å². The zero-order valence-electron chi connectivity index (χ0n) is 21.3. The fourth-order valence-corrected chi connectivity index (χ4v) is 3.57. The van der Waals surface area contributed by atoms with Gasteiger partial charge < -0.3 is 37.6 Å². The molecule has 0 saturated heterocycles. The molecule has 3 amide bonds. The Morgan fingerprint density at radius 2 is 1.53 bits per heavy atom. The molecule has 36 heavy (non-hydrogen) atoms. The predicted octanol–water partition coefficient (Wildman–Crippen LogP) is -0.349. The first-order valence-electron chi connectivity index (χ1n) is 12.3. The number of benzene rings is 1. The number of aliphatic carboxylic acids is 1. The Kier molecular flexibility index (Phi) is 13.7. The van der Waals surface area contributed by atoms with Crippen LogP contribution < -0.4 is 27.4 Å². The van der Waals surface area contributed by atoms with Crippen LogP contribution in [0.25, 0.3) is 0 Å². The number of carboxylic acids is 1. The molecule has 0 aromatic heterocycles. The SMILES string of the molecule is CCC(C)C(NC(=O)C(N)CCCCN)C(=O)NC(Cc1ccccc1)C(=O)NC(C(=O)O)C(C)O.